The van der Waals surface area contributed by atoms with Crippen molar-refractivity contribution < 1.29 is 14.2 Å². The number of nitrogen functional groups attached to an aromatic ring is 1. The second-order valence-electron chi connectivity index (χ2n) is 10.6. The van der Waals surface area contributed by atoms with Gasteiger partial charge < -0.3 is 24.5 Å². The van der Waals surface area contributed by atoms with Crippen LogP contribution >= 0.6 is 0 Å². The Labute approximate surface area is 258 Å². The lowest BCUT2D eigenvalue weighted by molar-refractivity contribution is 0.0363. The molecule has 0 aliphatic carbocycles. The summed E-state index contributed by atoms with van der Waals surface area (Å²) in [6, 6.07) is 15.3. The molecule has 6 aromatic rings. The first-order chi connectivity index (χ1) is 21.9. The summed E-state index contributed by atoms with van der Waals surface area (Å²) in [7, 11) is 0. The quantitative estimate of drug-likeness (QED) is 0.272. The Bertz CT molecular complexity index is 2010. The van der Waals surface area contributed by atoms with Gasteiger partial charge in [0.05, 0.1) is 30.8 Å². The lowest BCUT2D eigenvalue weighted by Gasteiger charge is -2.26. The molecule has 0 saturated carbocycles. The molecule has 1 aliphatic rings. The van der Waals surface area contributed by atoms with Crippen LogP contribution in [0, 0.1) is 5.82 Å². The number of nitrogens with zero attached hydrogens (tertiary/aromatic N) is 7. The van der Waals surface area contributed by atoms with Crippen molar-refractivity contribution in [3.8, 4) is 28.3 Å². The first kappa shape index (κ1) is 30.0. The number of aromatic nitrogens is 6. The highest BCUT2D eigenvalue weighted by Crippen LogP contribution is 2.34. The normalized spacial score (nSPS) is 13.7. The van der Waals surface area contributed by atoms with E-state index in [0.29, 0.717) is 42.0 Å². The second kappa shape index (κ2) is 12.9. The molecule has 7 rings (SSSR count). The van der Waals surface area contributed by atoms with Gasteiger partial charge in [-0.05, 0) is 36.4 Å². The number of pyridine rings is 2. The van der Waals surface area contributed by atoms with Crippen LogP contribution in [0.1, 0.15) is 19.4 Å². The molecule has 0 amide bonds. The maximum absolute atomic E-state index is 14.2. The third-order valence-electron chi connectivity index (χ3n) is 7.82. The van der Waals surface area contributed by atoms with Crippen molar-refractivity contribution in [1.82, 2.24) is 33.6 Å². The van der Waals surface area contributed by atoms with Gasteiger partial charge in [-0.1, -0.05) is 19.9 Å². The van der Waals surface area contributed by atoms with Gasteiger partial charge in [0.15, 0.2) is 5.65 Å². The average molecular weight is 611 g/mol. The fourth-order valence-electron chi connectivity index (χ4n) is 5.75. The van der Waals surface area contributed by atoms with Gasteiger partial charge in [0.2, 0.25) is 0 Å². The summed E-state index contributed by atoms with van der Waals surface area (Å²) in [6.45, 7) is 8.83. The SMILES string of the molecule is CC.Nc1ncnc2c1c(-c1cc(O)cc(F)c1)nn2Cc1cc2ccccn2c1-c1ccn(CCN2CCOCC2)c(=O)c1. The maximum atomic E-state index is 14.2. The van der Waals surface area contributed by atoms with E-state index in [-0.39, 0.29) is 23.7 Å². The zero-order valence-corrected chi connectivity index (χ0v) is 25.2. The smallest absolute Gasteiger partial charge is 0.251 e. The molecule has 232 valence electrons. The van der Waals surface area contributed by atoms with Crippen LogP contribution in [0.4, 0.5) is 10.2 Å². The summed E-state index contributed by atoms with van der Waals surface area (Å²) in [5.74, 6) is -0.638. The molecule has 1 saturated heterocycles. The van der Waals surface area contributed by atoms with E-state index in [1.54, 1.807) is 15.3 Å². The zero-order chi connectivity index (χ0) is 31.5. The highest BCUT2D eigenvalue weighted by atomic mass is 19.1. The van der Waals surface area contributed by atoms with Crippen molar-refractivity contribution in [3.63, 3.8) is 0 Å². The van der Waals surface area contributed by atoms with Gasteiger partial charge >= 0.3 is 0 Å². The van der Waals surface area contributed by atoms with E-state index in [4.69, 9.17) is 15.6 Å². The Morgan fingerprint density at radius 1 is 0.978 bits per heavy atom. The van der Waals surface area contributed by atoms with E-state index >= 15 is 0 Å². The first-order valence-corrected chi connectivity index (χ1v) is 15.0. The number of hydrogen-bond acceptors (Lipinski definition) is 8. The van der Waals surface area contributed by atoms with Crippen molar-refractivity contribution in [2.24, 2.45) is 0 Å². The Balaban J connectivity index is 0.00000175. The van der Waals surface area contributed by atoms with Crippen LogP contribution < -0.4 is 11.3 Å². The molecule has 3 N–H and O–H groups in total. The van der Waals surface area contributed by atoms with Gasteiger partial charge in [-0.15, -0.1) is 0 Å². The molecule has 0 bridgehead atoms. The highest BCUT2D eigenvalue weighted by Gasteiger charge is 2.21. The highest BCUT2D eigenvalue weighted by molar-refractivity contribution is 5.98. The van der Waals surface area contributed by atoms with Crippen molar-refractivity contribution in [2.75, 3.05) is 38.6 Å². The molecule has 0 radical (unpaired) electrons. The number of phenolic OH excluding ortho intramolecular Hbond substituents is 1. The van der Waals surface area contributed by atoms with Crippen molar-refractivity contribution in [3.05, 3.63) is 95.1 Å². The number of halogens is 1. The number of rotatable bonds is 7. The molecule has 12 heteroatoms. The van der Waals surface area contributed by atoms with Gasteiger partial charge in [0.25, 0.3) is 5.56 Å². The van der Waals surface area contributed by atoms with Crippen molar-refractivity contribution in [1.29, 1.82) is 0 Å². The van der Waals surface area contributed by atoms with Crippen molar-refractivity contribution >= 4 is 22.4 Å². The van der Waals surface area contributed by atoms with E-state index in [1.165, 1.54) is 18.5 Å². The summed E-state index contributed by atoms with van der Waals surface area (Å²) in [5.41, 5.74) is 10.8. The Morgan fingerprint density at radius 2 is 1.80 bits per heavy atom. The lowest BCUT2D eigenvalue weighted by Crippen LogP contribution is -2.39. The second-order valence-corrected chi connectivity index (χ2v) is 10.6. The number of anilines is 1. The van der Waals surface area contributed by atoms with E-state index in [9.17, 15) is 14.3 Å². The molecule has 0 spiro atoms. The van der Waals surface area contributed by atoms with Crippen LogP contribution in [-0.4, -0.2) is 71.6 Å². The minimum absolute atomic E-state index is 0.0826. The third kappa shape index (κ3) is 6.02. The minimum Gasteiger partial charge on any atom is -0.508 e. The summed E-state index contributed by atoms with van der Waals surface area (Å²) in [4.78, 5) is 24.1. The molecular weight excluding hydrogens is 575 g/mol. The number of benzene rings is 1. The fraction of sp³-hybridized carbons (Fsp3) is 0.273. The lowest BCUT2D eigenvalue weighted by atomic mass is 10.1. The van der Waals surface area contributed by atoms with Crippen LogP contribution in [-0.2, 0) is 17.8 Å². The molecule has 45 heavy (non-hydrogen) atoms. The molecule has 1 aromatic carbocycles. The number of ether oxygens (including phenoxy) is 1. The molecule has 1 fully saturated rings. The van der Waals surface area contributed by atoms with Gasteiger partial charge in [-0.25, -0.2) is 19.0 Å². The standard InChI is InChI=1S/C31H29FN8O3.C2H6/c32-23-13-21(15-25(41)17-23)28-27-30(33)34-19-35-31(27)40(36-28)18-22-14-24-3-1-2-5-39(24)29(22)20-4-6-38(26(42)16-20)8-7-37-9-11-43-12-10-37;1-2/h1-6,13-17,19,41H,7-12,18H2,(H2,33,34,35);1-2H3. The zero-order valence-electron chi connectivity index (χ0n) is 25.2. The Hall–Kier alpha value is -5.07. The van der Waals surface area contributed by atoms with Gasteiger partial charge in [0, 0.05) is 72.9 Å². The molecule has 11 nitrogen and oxygen atoms in total. The Kier molecular flexibility index (Phi) is 8.58. The summed E-state index contributed by atoms with van der Waals surface area (Å²) < 4.78 is 25.1. The van der Waals surface area contributed by atoms with E-state index in [2.05, 4.69) is 14.9 Å². The van der Waals surface area contributed by atoms with E-state index in [1.807, 2.05) is 61.0 Å². The Morgan fingerprint density at radius 3 is 2.58 bits per heavy atom. The number of phenols is 1. The maximum Gasteiger partial charge on any atom is 0.251 e. The average Bonchev–Trinajstić information content (AvgIpc) is 3.60. The third-order valence-corrected chi connectivity index (χ3v) is 7.82. The summed E-state index contributed by atoms with van der Waals surface area (Å²) in [5, 5.41) is 15.3. The molecule has 5 aromatic heterocycles. The molecular formula is C33H35FN8O3. The van der Waals surface area contributed by atoms with Crippen LogP contribution in [0.25, 0.3) is 39.1 Å². The van der Waals surface area contributed by atoms with Gasteiger partial charge in [-0.2, -0.15) is 5.10 Å². The number of aromatic hydroxyl groups is 1. The number of fused-ring (bicyclic) bond motifs is 2. The van der Waals surface area contributed by atoms with Crippen molar-refractivity contribution in [2.45, 2.75) is 26.9 Å². The fourth-order valence-corrected chi connectivity index (χ4v) is 5.75. The summed E-state index contributed by atoms with van der Waals surface area (Å²) in [6.07, 6.45) is 5.16. The molecule has 6 heterocycles. The largest absolute Gasteiger partial charge is 0.508 e. The minimum atomic E-state index is -0.603. The summed E-state index contributed by atoms with van der Waals surface area (Å²) >= 11 is 0. The van der Waals surface area contributed by atoms with E-state index < -0.39 is 5.82 Å². The van der Waals surface area contributed by atoms with Crippen LogP contribution in [0.2, 0.25) is 0 Å². The van der Waals surface area contributed by atoms with E-state index in [0.717, 1.165) is 48.0 Å². The topological polar surface area (TPSA) is 129 Å². The molecule has 1 aliphatic heterocycles. The number of morpholine rings is 1. The van der Waals surface area contributed by atoms with Gasteiger partial charge in [-0.3, -0.25) is 9.69 Å². The number of hydrogen-bond donors (Lipinski definition) is 2. The molecule has 0 unspecified atom stereocenters. The first-order valence-electron chi connectivity index (χ1n) is 15.0. The van der Waals surface area contributed by atoms with Crippen LogP contribution in [0.5, 0.6) is 5.75 Å². The monoisotopic (exact) mass is 610 g/mol. The predicted molar refractivity (Wildman–Crippen MR) is 172 cm³/mol. The molecule has 0 atom stereocenters. The van der Waals surface area contributed by atoms with Crippen LogP contribution in [0.3, 0.4) is 0 Å². The van der Waals surface area contributed by atoms with Crippen LogP contribution in [0.15, 0.2) is 78.1 Å². The van der Waals surface area contributed by atoms with Gasteiger partial charge in [0.1, 0.15) is 29.4 Å². The predicted octanol–water partition coefficient (Wildman–Crippen LogP) is 4.41. The number of nitrogens with two attached hydrogens (primary N) is 1.